The molecule has 0 radical (unpaired) electrons. The fourth-order valence-electron chi connectivity index (χ4n) is 2.15. The van der Waals surface area contributed by atoms with Crippen molar-refractivity contribution in [2.24, 2.45) is 0 Å². The van der Waals surface area contributed by atoms with Gasteiger partial charge in [-0.25, -0.2) is 8.42 Å². The second-order valence-electron chi connectivity index (χ2n) is 5.08. The Balaban J connectivity index is 2.20. The third kappa shape index (κ3) is 3.53. The van der Waals surface area contributed by atoms with Gasteiger partial charge in [-0.3, -0.25) is 0 Å². The molecule has 0 saturated heterocycles. The molecule has 1 aromatic carbocycles. The number of aryl methyl sites for hydroxylation is 1. The highest BCUT2D eigenvalue weighted by molar-refractivity contribution is 7.89. The minimum atomic E-state index is -3.48. The van der Waals surface area contributed by atoms with E-state index in [9.17, 15) is 8.42 Å². The van der Waals surface area contributed by atoms with E-state index in [1.165, 1.54) is 10.5 Å². The summed E-state index contributed by atoms with van der Waals surface area (Å²) in [7, 11) is -0.0547. The van der Waals surface area contributed by atoms with Crippen molar-refractivity contribution in [3.05, 3.63) is 53.3 Å². The maximum atomic E-state index is 12.6. The summed E-state index contributed by atoms with van der Waals surface area (Å²) in [6.07, 6.45) is 1.54. The Hall–Kier alpha value is -1.63. The first-order valence-corrected chi connectivity index (χ1v) is 8.22. The lowest BCUT2D eigenvalue weighted by molar-refractivity contribution is 0.466. The molecule has 1 heterocycles. The minimum Gasteiger partial charge on any atom is -0.363 e. The lowest BCUT2D eigenvalue weighted by atomic mass is 10.1. The lowest BCUT2D eigenvalue weighted by Gasteiger charge is -2.17. The number of hydrogen-bond donors (Lipinski definition) is 2. The largest absolute Gasteiger partial charge is 0.363 e. The molecule has 0 fully saturated rings. The highest BCUT2D eigenvalue weighted by Gasteiger charge is 2.22. The van der Waals surface area contributed by atoms with Gasteiger partial charge in [0.15, 0.2) is 0 Å². The van der Waals surface area contributed by atoms with Crippen molar-refractivity contribution in [1.29, 1.82) is 0 Å². The maximum Gasteiger partial charge on any atom is 0.244 e. The van der Waals surface area contributed by atoms with Gasteiger partial charge < -0.3 is 10.3 Å². The molecule has 2 aromatic rings. The van der Waals surface area contributed by atoms with Crippen molar-refractivity contribution in [3.63, 3.8) is 0 Å². The molecule has 0 spiro atoms. The number of H-pyrrole nitrogens is 1. The Morgan fingerprint density at radius 1 is 1.29 bits per heavy atom. The number of aromatic amines is 1. The fraction of sp³-hybridized carbons (Fsp3) is 0.333. The van der Waals surface area contributed by atoms with Gasteiger partial charge in [-0.15, -0.1) is 0 Å². The van der Waals surface area contributed by atoms with Gasteiger partial charge in [-0.05, 0) is 31.2 Å². The molecule has 0 saturated carbocycles. The van der Waals surface area contributed by atoms with Gasteiger partial charge in [-0.2, -0.15) is 4.31 Å². The molecule has 0 aliphatic rings. The summed E-state index contributed by atoms with van der Waals surface area (Å²) in [5.41, 5.74) is 2.94. The maximum absolute atomic E-state index is 12.6. The minimum absolute atomic E-state index is 0.295. The van der Waals surface area contributed by atoms with Crippen molar-refractivity contribution in [1.82, 2.24) is 14.6 Å². The molecular weight excluding hydrogens is 286 g/mol. The number of benzene rings is 1. The van der Waals surface area contributed by atoms with Crippen LogP contribution in [0.25, 0.3) is 0 Å². The fourth-order valence-corrected chi connectivity index (χ4v) is 3.32. The molecule has 21 heavy (non-hydrogen) atoms. The van der Waals surface area contributed by atoms with E-state index in [4.69, 9.17) is 0 Å². The van der Waals surface area contributed by atoms with Crippen LogP contribution in [0.3, 0.4) is 0 Å². The summed E-state index contributed by atoms with van der Waals surface area (Å²) in [4.78, 5) is 3.27. The molecule has 2 N–H and O–H groups in total. The summed E-state index contributed by atoms with van der Waals surface area (Å²) in [5, 5.41) is 2.99. The van der Waals surface area contributed by atoms with Crippen LogP contribution in [-0.2, 0) is 23.1 Å². The highest BCUT2D eigenvalue weighted by Crippen LogP contribution is 2.19. The van der Waals surface area contributed by atoms with Crippen LogP contribution in [0.15, 0.2) is 41.4 Å². The Kier molecular flexibility index (Phi) is 4.82. The van der Waals surface area contributed by atoms with Crippen LogP contribution in [-0.4, -0.2) is 31.8 Å². The predicted molar refractivity (Wildman–Crippen MR) is 83.4 cm³/mol. The zero-order valence-corrected chi connectivity index (χ0v) is 13.4. The Labute approximate surface area is 126 Å². The number of nitrogens with zero attached hydrogens (tertiary/aromatic N) is 1. The Morgan fingerprint density at radius 3 is 2.67 bits per heavy atom. The normalized spacial score (nSPS) is 12.0. The predicted octanol–water partition coefficient (Wildman–Crippen LogP) is 1.86. The van der Waals surface area contributed by atoms with E-state index in [1.54, 1.807) is 13.1 Å². The molecule has 0 unspecified atom stereocenters. The average molecular weight is 307 g/mol. The number of aromatic nitrogens is 1. The van der Waals surface area contributed by atoms with Crippen LogP contribution in [0, 0.1) is 6.92 Å². The topological polar surface area (TPSA) is 65.2 Å². The van der Waals surface area contributed by atoms with Gasteiger partial charge in [0.25, 0.3) is 0 Å². The Bertz CT molecular complexity index is 707. The molecule has 6 heteroatoms. The van der Waals surface area contributed by atoms with Crippen LogP contribution in [0.5, 0.6) is 0 Å². The third-order valence-electron chi connectivity index (χ3n) is 3.45. The molecule has 0 aliphatic carbocycles. The van der Waals surface area contributed by atoms with E-state index in [-0.39, 0.29) is 0 Å². The van der Waals surface area contributed by atoms with Crippen molar-refractivity contribution < 1.29 is 8.42 Å². The van der Waals surface area contributed by atoms with Crippen LogP contribution >= 0.6 is 0 Å². The molecular formula is C15H21N3O2S. The van der Waals surface area contributed by atoms with Crippen molar-refractivity contribution in [2.75, 3.05) is 14.1 Å². The zero-order valence-electron chi connectivity index (χ0n) is 12.6. The molecule has 0 aliphatic heterocycles. The van der Waals surface area contributed by atoms with Gasteiger partial charge >= 0.3 is 0 Å². The quantitative estimate of drug-likeness (QED) is 0.856. The van der Waals surface area contributed by atoms with Gasteiger partial charge in [0.1, 0.15) is 0 Å². The van der Waals surface area contributed by atoms with Crippen LogP contribution in [0.1, 0.15) is 16.8 Å². The third-order valence-corrected chi connectivity index (χ3v) is 5.23. The number of hydrogen-bond acceptors (Lipinski definition) is 3. The second-order valence-corrected chi connectivity index (χ2v) is 7.12. The zero-order chi connectivity index (χ0) is 15.5. The number of sulfonamides is 1. The van der Waals surface area contributed by atoms with E-state index in [2.05, 4.69) is 10.3 Å². The summed E-state index contributed by atoms with van der Waals surface area (Å²) >= 11 is 0. The summed E-state index contributed by atoms with van der Waals surface area (Å²) < 4.78 is 26.5. The SMILES string of the molecule is CNCc1cc(S(=O)(=O)N(C)Cc2ccccc2C)c[nH]1. The van der Waals surface area contributed by atoms with Crippen LogP contribution in [0.4, 0.5) is 0 Å². The molecule has 0 amide bonds. The van der Waals surface area contributed by atoms with Crippen molar-refractivity contribution in [2.45, 2.75) is 24.9 Å². The van der Waals surface area contributed by atoms with E-state index in [1.807, 2.05) is 38.2 Å². The van der Waals surface area contributed by atoms with E-state index >= 15 is 0 Å². The first kappa shape index (κ1) is 15.8. The molecule has 2 rings (SSSR count). The summed E-state index contributed by atoms with van der Waals surface area (Å²) in [6, 6.07) is 9.47. The standard InChI is InChI=1S/C15H21N3O2S/c1-12-6-4-5-7-13(12)11-18(3)21(19,20)15-8-14(9-16-2)17-10-15/h4-8,10,16-17H,9,11H2,1-3H3. The van der Waals surface area contributed by atoms with E-state index in [0.29, 0.717) is 18.0 Å². The van der Waals surface area contributed by atoms with Gasteiger partial charge in [-0.1, -0.05) is 24.3 Å². The van der Waals surface area contributed by atoms with Crippen molar-refractivity contribution in [3.8, 4) is 0 Å². The lowest BCUT2D eigenvalue weighted by Crippen LogP contribution is -2.26. The molecule has 1 aromatic heterocycles. The summed E-state index contributed by atoms with van der Waals surface area (Å²) in [5.74, 6) is 0. The number of nitrogens with one attached hydrogen (secondary N) is 2. The monoisotopic (exact) mass is 307 g/mol. The second kappa shape index (κ2) is 6.43. The average Bonchev–Trinajstić information content (AvgIpc) is 2.91. The molecule has 0 bridgehead atoms. The molecule has 5 nitrogen and oxygen atoms in total. The van der Waals surface area contributed by atoms with Gasteiger partial charge in [0.2, 0.25) is 10.0 Å². The van der Waals surface area contributed by atoms with Gasteiger partial charge in [0, 0.05) is 32.0 Å². The van der Waals surface area contributed by atoms with E-state index in [0.717, 1.165) is 16.8 Å². The molecule has 0 atom stereocenters. The highest BCUT2D eigenvalue weighted by atomic mass is 32.2. The summed E-state index contributed by atoms with van der Waals surface area (Å²) in [6.45, 7) is 2.95. The molecule has 114 valence electrons. The van der Waals surface area contributed by atoms with Crippen LogP contribution in [0.2, 0.25) is 0 Å². The first-order valence-electron chi connectivity index (χ1n) is 6.78. The van der Waals surface area contributed by atoms with Crippen molar-refractivity contribution >= 4 is 10.0 Å². The first-order chi connectivity index (χ1) is 9.95. The van der Waals surface area contributed by atoms with Crippen LogP contribution < -0.4 is 5.32 Å². The smallest absolute Gasteiger partial charge is 0.244 e. The Morgan fingerprint density at radius 2 is 2.00 bits per heavy atom. The van der Waals surface area contributed by atoms with E-state index < -0.39 is 10.0 Å². The van der Waals surface area contributed by atoms with Gasteiger partial charge in [0.05, 0.1) is 4.90 Å². The number of rotatable bonds is 6.